The molecular weight excluding hydrogens is 342 g/mol. The molecule has 0 amide bonds. The number of nitrogens with zero attached hydrogens (tertiary/aromatic N) is 3. The van der Waals surface area contributed by atoms with Crippen LogP contribution >= 0.6 is 23.1 Å². The minimum absolute atomic E-state index is 0.00415. The van der Waals surface area contributed by atoms with E-state index in [1.165, 1.54) is 23.1 Å². The first-order chi connectivity index (χ1) is 11.7. The number of aromatic nitrogens is 3. The monoisotopic (exact) mass is 357 g/mol. The molecule has 0 unspecified atom stereocenters. The van der Waals surface area contributed by atoms with E-state index in [1.54, 1.807) is 29.1 Å². The highest BCUT2D eigenvalue weighted by molar-refractivity contribution is 7.99. The molecule has 3 heterocycles. The number of pyridine rings is 1. The minimum Gasteiger partial charge on any atom is -0.293 e. The van der Waals surface area contributed by atoms with E-state index in [4.69, 9.17) is 0 Å². The lowest BCUT2D eigenvalue weighted by atomic mass is 10.2. The van der Waals surface area contributed by atoms with Crippen LogP contribution < -0.4 is 5.56 Å². The lowest BCUT2D eigenvalue weighted by Crippen LogP contribution is -2.24. The zero-order chi connectivity index (χ0) is 16.5. The first-order valence-corrected chi connectivity index (χ1v) is 9.63. The largest absolute Gasteiger partial charge is 0.293 e. The van der Waals surface area contributed by atoms with Crippen molar-refractivity contribution >= 4 is 39.1 Å². The summed E-state index contributed by atoms with van der Waals surface area (Å²) in [6.45, 7) is 0.695. The van der Waals surface area contributed by atoms with Gasteiger partial charge >= 0.3 is 0 Å². The molecule has 0 atom stereocenters. The highest BCUT2D eigenvalue weighted by Crippen LogP contribution is 2.32. The Morgan fingerprint density at radius 2 is 2.25 bits per heavy atom. The maximum Gasteiger partial charge on any atom is 0.262 e. The van der Waals surface area contributed by atoms with Crippen LogP contribution in [0.1, 0.15) is 23.2 Å². The van der Waals surface area contributed by atoms with Crippen LogP contribution in [-0.2, 0) is 6.54 Å². The summed E-state index contributed by atoms with van der Waals surface area (Å²) in [4.78, 5) is 34.3. The first kappa shape index (κ1) is 15.5. The topological polar surface area (TPSA) is 64.8 Å². The maximum atomic E-state index is 12.7. The van der Waals surface area contributed by atoms with Crippen molar-refractivity contribution in [3.05, 3.63) is 51.9 Å². The Bertz CT molecular complexity index is 945. The van der Waals surface area contributed by atoms with Crippen molar-refractivity contribution in [2.75, 3.05) is 5.75 Å². The number of thiophene rings is 1. The van der Waals surface area contributed by atoms with Crippen LogP contribution in [-0.4, -0.2) is 26.1 Å². The first-order valence-electron chi connectivity index (χ1n) is 7.76. The number of rotatable bonds is 6. The summed E-state index contributed by atoms with van der Waals surface area (Å²) in [6, 6.07) is 5.33. The predicted molar refractivity (Wildman–Crippen MR) is 95.9 cm³/mol. The molecule has 0 aliphatic heterocycles. The summed E-state index contributed by atoms with van der Waals surface area (Å²) in [5, 5.41) is 3.19. The third-order valence-corrected chi connectivity index (χ3v) is 5.79. The number of thioether (sulfide) groups is 1. The molecule has 7 heteroatoms. The fourth-order valence-electron chi connectivity index (χ4n) is 2.50. The van der Waals surface area contributed by atoms with Crippen molar-refractivity contribution in [1.82, 2.24) is 14.5 Å². The van der Waals surface area contributed by atoms with E-state index in [9.17, 15) is 9.59 Å². The van der Waals surface area contributed by atoms with Crippen LogP contribution in [0.5, 0.6) is 0 Å². The van der Waals surface area contributed by atoms with Gasteiger partial charge in [0, 0.05) is 24.5 Å². The van der Waals surface area contributed by atoms with Crippen LogP contribution in [0.3, 0.4) is 0 Å². The number of carbonyl (C=O) groups excluding carboxylic acids is 1. The Morgan fingerprint density at radius 3 is 3.00 bits per heavy atom. The molecule has 3 aromatic heterocycles. The summed E-state index contributed by atoms with van der Waals surface area (Å²) in [7, 11) is 0. The van der Waals surface area contributed by atoms with Gasteiger partial charge in [-0.2, -0.15) is 0 Å². The Hall–Kier alpha value is -1.99. The van der Waals surface area contributed by atoms with Crippen molar-refractivity contribution in [3.8, 4) is 0 Å². The predicted octanol–water partition coefficient (Wildman–Crippen LogP) is 3.24. The van der Waals surface area contributed by atoms with Gasteiger partial charge in [-0.1, -0.05) is 11.8 Å². The lowest BCUT2D eigenvalue weighted by molar-refractivity contribution is 0.102. The minimum atomic E-state index is -0.00778. The molecular formula is C17H15N3O2S2. The molecule has 5 nitrogen and oxygen atoms in total. The van der Waals surface area contributed by atoms with Crippen molar-refractivity contribution in [2.45, 2.75) is 24.5 Å². The van der Waals surface area contributed by atoms with E-state index in [0.717, 1.165) is 17.7 Å². The van der Waals surface area contributed by atoms with Crippen LogP contribution in [0.2, 0.25) is 0 Å². The number of carbonyl (C=O) groups is 1. The molecule has 1 aliphatic rings. The van der Waals surface area contributed by atoms with Crippen LogP contribution in [0.15, 0.2) is 45.9 Å². The van der Waals surface area contributed by atoms with Crippen molar-refractivity contribution in [2.24, 2.45) is 5.92 Å². The van der Waals surface area contributed by atoms with Gasteiger partial charge in [-0.15, -0.1) is 11.3 Å². The van der Waals surface area contributed by atoms with E-state index < -0.39 is 0 Å². The highest BCUT2D eigenvalue weighted by atomic mass is 32.2. The number of hydrogen-bond acceptors (Lipinski definition) is 6. The molecule has 4 rings (SSSR count). The summed E-state index contributed by atoms with van der Waals surface area (Å²) >= 11 is 2.79. The van der Waals surface area contributed by atoms with Crippen molar-refractivity contribution in [3.63, 3.8) is 0 Å². The number of Topliss-reactive ketones (excluding diaryl/α,β-unsaturated/α-hetero) is 1. The molecule has 0 N–H and O–H groups in total. The Balaban J connectivity index is 1.62. The number of ketones is 1. The third-order valence-electron chi connectivity index (χ3n) is 4.00. The quantitative estimate of drug-likeness (QED) is 0.385. The zero-order valence-corrected chi connectivity index (χ0v) is 14.5. The smallest absolute Gasteiger partial charge is 0.262 e. The molecule has 122 valence electrons. The third kappa shape index (κ3) is 3.14. The molecule has 24 heavy (non-hydrogen) atoms. The van der Waals surface area contributed by atoms with Gasteiger partial charge in [0.2, 0.25) is 0 Å². The molecule has 0 radical (unpaired) electrons. The van der Waals surface area contributed by atoms with Crippen molar-refractivity contribution in [1.29, 1.82) is 0 Å². The average molecular weight is 357 g/mol. The second-order valence-electron chi connectivity index (χ2n) is 5.85. The molecule has 1 fully saturated rings. The van der Waals surface area contributed by atoms with Crippen LogP contribution in [0.25, 0.3) is 10.2 Å². The molecule has 0 saturated heterocycles. The van der Waals surface area contributed by atoms with Gasteiger partial charge in [0.15, 0.2) is 10.9 Å². The van der Waals surface area contributed by atoms with E-state index in [2.05, 4.69) is 9.97 Å². The van der Waals surface area contributed by atoms with Gasteiger partial charge in [0.25, 0.3) is 5.56 Å². The normalized spacial score (nSPS) is 14.2. The van der Waals surface area contributed by atoms with Gasteiger partial charge in [-0.05, 0) is 42.3 Å². The molecule has 3 aromatic rings. The van der Waals surface area contributed by atoms with Gasteiger partial charge in [-0.3, -0.25) is 19.1 Å². The summed E-state index contributed by atoms with van der Waals surface area (Å²) in [6.07, 6.45) is 5.53. The van der Waals surface area contributed by atoms with Crippen LogP contribution in [0.4, 0.5) is 0 Å². The van der Waals surface area contributed by atoms with E-state index in [0.29, 0.717) is 28.6 Å². The molecule has 0 spiro atoms. The highest BCUT2D eigenvalue weighted by Gasteiger charge is 2.25. The fraction of sp³-hybridized carbons (Fsp3) is 0.294. The van der Waals surface area contributed by atoms with E-state index >= 15 is 0 Å². The zero-order valence-electron chi connectivity index (χ0n) is 12.8. The standard InChI is InChI=1S/C17H15N3O2S2/c21-14(12-2-1-6-18-8-12)10-24-17-19-15-13(5-7-23-15)16(22)20(17)9-11-3-4-11/h1-2,5-8,11H,3-4,9-10H2. The molecule has 0 aromatic carbocycles. The number of fused-ring (bicyclic) bond motifs is 1. The second-order valence-corrected chi connectivity index (χ2v) is 7.68. The summed E-state index contributed by atoms with van der Waals surface area (Å²) in [5.74, 6) is 0.806. The maximum absolute atomic E-state index is 12.7. The SMILES string of the molecule is O=C(CSc1nc2sccc2c(=O)n1CC1CC1)c1cccnc1. The summed E-state index contributed by atoms with van der Waals surface area (Å²) < 4.78 is 1.74. The van der Waals surface area contributed by atoms with Gasteiger partial charge in [0.1, 0.15) is 4.83 Å². The fourth-order valence-corrected chi connectivity index (χ4v) is 4.21. The average Bonchev–Trinajstić information content (AvgIpc) is 3.31. The number of hydrogen-bond donors (Lipinski definition) is 0. The van der Waals surface area contributed by atoms with Gasteiger partial charge < -0.3 is 0 Å². The van der Waals surface area contributed by atoms with Gasteiger partial charge in [0.05, 0.1) is 11.1 Å². The van der Waals surface area contributed by atoms with Crippen molar-refractivity contribution < 1.29 is 4.79 Å². The van der Waals surface area contributed by atoms with E-state index in [1.807, 2.05) is 11.4 Å². The Kier molecular flexibility index (Phi) is 4.20. The molecule has 1 aliphatic carbocycles. The molecule has 1 saturated carbocycles. The van der Waals surface area contributed by atoms with E-state index in [-0.39, 0.29) is 17.1 Å². The Morgan fingerprint density at radius 1 is 1.38 bits per heavy atom. The summed E-state index contributed by atoms with van der Waals surface area (Å²) in [5.41, 5.74) is 0.586. The molecule has 0 bridgehead atoms. The second kappa shape index (κ2) is 6.49. The van der Waals surface area contributed by atoms with Crippen LogP contribution in [0, 0.1) is 5.92 Å². The van der Waals surface area contributed by atoms with Gasteiger partial charge in [-0.25, -0.2) is 4.98 Å². The lowest BCUT2D eigenvalue weighted by Gasteiger charge is -2.11. The Labute approximate surface area is 146 Å².